The van der Waals surface area contributed by atoms with Gasteiger partial charge < -0.3 is 24.4 Å². The molecule has 2 unspecified atom stereocenters. The molecule has 2 atom stereocenters. The Balaban J connectivity index is 1.38. The van der Waals surface area contributed by atoms with E-state index in [-0.39, 0.29) is 18.2 Å². The summed E-state index contributed by atoms with van der Waals surface area (Å²) in [6.07, 6.45) is 3.38. The van der Waals surface area contributed by atoms with Crippen LogP contribution < -0.4 is 14.8 Å². The van der Waals surface area contributed by atoms with Gasteiger partial charge in [0.05, 0.1) is 12.1 Å². The Morgan fingerprint density at radius 3 is 2.74 bits per heavy atom. The van der Waals surface area contributed by atoms with Gasteiger partial charge in [-0.2, -0.15) is 0 Å². The maximum atomic E-state index is 12.8. The molecule has 148 valence electrons. The third-order valence-corrected chi connectivity index (χ3v) is 5.40. The zero-order valence-electron chi connectivity index (χ0n) is 16.3. The van der Waals surface area contributed by atoms with Crippen LogP contribution in [-0.4, -0.2) is 49.9 Å². The van der Waals surface area contributed by atoms with Crippen LogP contribution in [0.5, 0.6) is 11.5 Å². The lowest BCUT2D eigenvalue weighted by molar-refractivity contribution is 0.0435. The zero-order valence-corrected chi connectivity index (χ0v) is 16.3. The first kappa shape index (κ1) is 18.4. The van der Waals surface area contributed by atoms with Gasteiger partial charge in [-0.15, -0.1) is 0 Å². The SMILES string of the molecule is CC(C)COC1CCN(C(=O)NC(c2ccc3c(c2)OCCO3)C2CC2)C1. The molecule has 3 aliphatic rings. The van der Waals surface area contributed by atoms with Crippen LogP contribution in [0.2, 0.25) is 0 Å². The summed E-state index contributed by atoms with van der Waals surface area (Å²) in [5, 5.41) is 3.26. The number of likely N-dealkylation sites (tertiary alicyclic amines) is 1. The number of benzene rings is 1. The van der Waals surface area contributed by atoms with Gasteiger partial charge in [0.1, 0.15) is 13.2 Å². The maximum Gasteiger partial charge on any atom is 0.317 e. The van der Waals surface area contributed by atoms with Crippen molar-refractivity contribution in [2.75, 3.05) is 32.9 Å². The van der Waals surface area contributed by atoms with Crippen molar-refractivity contribution in [1.82, 2.24) is 10.2 Å². The van der Waals surface area contributed by atoms with E-state index in [1.54, 1.807) is 0 Å². The number of urea groups is 1. The highest BCUT2D eigenvalue weighted by Gasteiger charge is 2.36. The van der Waals surface area contributed by atoms with E-state index in [4.69, 9.17) is 14.2 Å². The van der Waals surface area contributed by atoms with Crippen LogP contribution in [0.25, 0.3) is 0 Å². The van der Waals surface area contributed by atoms with E-state index in [0.717, 1.165) is 49.5 Å². The lowest BCUT2D eigenvalue weighted by Gasteiger charge is -2.25. The van der Waals surface area contributed by atoms with Crippen LogP contribution >= 0.6 is 0 Å². The second-order valence-corrected chi connectivity index (χ2v) is 8.25. The third-order valence-electron chi connectivity index (χ3n) is 5.40. The molecular formula is C21H30N2O4. The molecule has 4 rings (SSSR count). The minimum Gasteiger partial charge on any atom is -0.486 e. The normalized spacial score (nSPS) is 22.8. The Morgan fingerprint density at radius 2 is 2.00 bits per heavy atom. The van der Waals surface area contributed by atoms with Crippen LogP contribution in [0, 0.1) is 11.8 Å². The predicted octanol–water partition coefficient (Wildman–Crippen LogP) is 3.37. The molecule has 1 aliphatic carbocycles. The summed E-state index contributed by atoms with van der Waals surface area (Å²) in [6.45, 7) is 7.64. The number of ether oxygens (including phenoxy) is 3. The van der Waals surface area contributed by atoms with Gasteiger partial charge in [0, 0.05) is 19.7 Å². The molecule has 1 saturated heterocycles. The second-order valence-electron chi connectivity index (χ2n) is 8.25. The van der Waals surface area contributed by atoms with Gasteiger partial charge in [-0.1, -0.05) is 19.9 Å². The quantitative estimate of drug-likeness (QED) is 0.829. The van der Waals surface area contributed by atoms with Gasteiger partial charge >= 0.3 is 6.03 Å². The zero-order chi connectivity index (χ0) is 18.8. The summed E-state index contributed by atoms with van der Waals surface area (Å²) >= 11 is 0. The van der Waals surface area contributed by atoms with Gasteiger partial charge in [0.15, 0.2) is 11.5 Å². The Morgan fingerprint density at radius 1 is 1.22 bits per heavy atom. The van der Waals surface area contributed by atoms with Crippen molar-refractivity contribution in [3.8, 4) is 11.5 Å². The summed E-state index contributed by atoms with van der Waals surface area (Å²) in [5.74, 6) is 2.59. The van der Waals surface area contributed by atoms with Crippen molar-refractivity contribution >= 4 is 6.03 Å². The Kier molecular flexibility index (Phi) is 5.43. The predicted molar refractivity (Wildman–Crippen MR) is 102 cm³/mol. The molecule has 0 spiro atoms. The highest BCUT2D eigenvalue weighted by atomic mass is 16.6. The number of rotatable bonds is 6. The minimum atomic E-state index is 0.0115. The van der Waals surface area contributed by atoms with E-state index in [2.05, 4.69) is 25.2 Å². The topological polar surface area (TPSA) is 60.0 Å². The highest BCUT2D eigenvalue weighted by molar-refractivity contribution is 5.75. The molecule has 1 N–H and O–H groups in total. The summed E-state index contributed by atoms with van der Waals surface area (Å²) in [5.41, 5.74) is 1.10. The number of fused-ring (bicyclic) bond motifs is 1. The number of amides is 2. The van der Waals surface area contributed by atoms with Crippen molar-refractivity contribution in [2.24, 2.45) is 11.8 Å². The fourth-order valence-corrected chi connectivity index (χ4v) is 3.76. The molecule has 2 heterocycles. The largest absolute Gasteiger partial charge is 0.486 e. The number of hydrogen-bond acceptors (Lipinski definition) is 4. The molecule has 1 aromatic rings. The van der Waals surface area contributed by atoms with Crippen molar-refractivity contribution in [3.05, 3.63) is 23.8 Å². The molecule has 27 heavy (non-hydrogen) atoms. The van der Waals surface area contributed by atoms with Gasteiger partial charge in [0.25, 0.3) is 0 Å². The Labute approximate surface area is 161 Å². The average molecular weight is 374 g/mol. The molecular weight excluding hydrogens is 344 g/mol. The number of nitrogens with zero attached hydrogens (tertiary/aromatic N) is 1. The first-order chi connectivity index (χ1) is 13.1. The van der Waals surface area contributed by atoms with Crippen LogP contribution in [0.15, 0.2) is 18.2 Å². The molecule has 0 aromatic heterocycles. The van der Waals surface area contributed by atoms with Crippen LogP contribution in [0.1, 0.15) is 44.7 Å². The van der Waals surface area contributed by atoms with Crippen molar-refractivity contribution in [3.63, 3.8) is 0 Å². The van der Waals surface area contributed by atoms with Gasteiger partial charge in [-0.3, -0.25) is 0 Å². The van der Waals surface area contributed by atoms with E-state index in [0.29, 0.717) is 31.6 Å². The average Bonchev–Trinajstić information content (AvgIpc) is 3.40. The molecule has 0 bridgehead atoms. The molecule has 1 aromatic carbocycles. The first-order valence-corrected chi connectivity index (χ1v) is 10.2. The van der Waals surface area contributed by atoms with Crippen molar-refractivity contribution in [1.29, 1.82) is 0 Å². The fraction of sp³-hybridized carbons (Fsp3) is 0.667. The number of carbonyl (C=O) groups excluding carboxylic acids is 1. The van der Waals surface area contributed by atoms with Gasteiger partial charge in [0.2, 0.25) is 0 Å². The molecule has 0 radical (unpaired) electrons. The molecule has 6 nitrogen and oxygen atoms in total. The van der Waals surface area contributed by atoms with E-state index in [9.17, 15) is 4.79 Å². The van der Waals surface area contributed by atoms with Crippen LogP contribution in [-0.2, 0) is 4.74 Å². The number of nitrogens with one attached hydrogen (secondary N) is 1. The van der Waals surface area contributed by atoms with E-state index < -0.39 is 0 Å². The van der Waals surface area contributed by atoms with E-state index >= 15 is 0 Å². The van der Waals surface area contributed by atoms with Gasteiger partial charge in [-0.25, -0.2) is 4.79 Å². The second kappa shape index (κ2) is 7.97. The van der Waals surface area contributed by atoms with Crippen molar-refractivity contribution < 1.29 is 19.0 Å². The van der Waals surface area contributed by atoms with E-state index in [1.165, 1.54) is 0 Å². The van der Waals surface area contributed by atoms with Gasteiger partial charge in [-0.05, 0) is 48.8 Å². The van der Waals surface area contributed by atoms with E-state index in [1.807, 2.05) is 17.0 Å². The lowest BCUT2D eigenvalue weighted by Crippen LogP contribution is -2.41. The van der Waals surface area contributed by atoms with Crippen LogP contribution in [0.3, 0.4) is 0 Å². The molecule has 2 fully saturated rings. The fourth-order valence-electron chi connectivity index (χ4n) is 3.76. The molecule has 2 aliphatic heterocycles. The summed E-state index contributed by atoms with van der Waals surface area (Å²) < 4.78 is 17.2. The number of hydrogen-bond donors (Lipinski definition) is 1. The highest BCUT2D eigenvalue weighted by Crippen LogP contribution is 2.43. The smallest absolute Gasteiger partial charge is 0.317 e. The minimum absolute atomic E-state index is 0.0115. The number of carbonyl (C=O) groups is 1. The summed E-state index contributed by atoms with van der Waals surface area (Å²) in [6, 6.07) is 6.07. The maximum absolute atomic E-state index is 12.8. The van der Waals surface area contributed by atoms with Crippen molar-refractivity contribution in [2.45, 2.75) is 45.3 Å². The molecule has 2 amide bonds. The summed E-state index contributed by atoms with van der Waals surface area (Å²) in [7, 11) is 0. The molecule has 1 saturated carbocycles. The Hall–Kier alpha value is -1.95. The first-order valence-electron chi connectivity index (χ1n) is 10.2. The standard InChI is InChI=1S/C21H30N2O4/c1-14(2)13-27-17-7-8-23(12-17)21(24)22-20(15-3-4-15)16-5-6-18-19(11-16)26-10-9-25-18/h5-6,11,14-15,17,20H,3-4,7-10,12-13H2,1-2H3,(H,22,24). The van der Waals surface area contributed by atoms with Crippen LogP contribution in [0.4, 0.5) is 4.79 Å². The lowest BCUT2D eigenvalue weighted by atomic mass is 10.0. The Bertz CT molecular complexity index is 674. The molecule has 6 heteroatoms. The third kappa shape index (κ3) is 4.49. The monoisotopic (exact) mass is 374 g/mol. The summed E-state index contributed by atoms with van der Waals surface area (Å²) in [4.78, 5) is 14.7.